The fourth-order valence-electron chi connectivity index (χ4n) is 3.37. The quantitative estimate of drug-likeness (QED) is 0.487. The molecule has 34 heavy (non-hydrogen) atoms. The van der Waals surface area contributed by atoms with Gasteiger partial charge in [-0.25, -0.2) is 13.2 Å². The molecule has 0 bridgehead atoms. The van der Waals surface area contributed by atoms with Crippen LogP contribution < -0.4 is 20.3 Å². The first-order valence-electron chi connectivity index (χ1n) is 9.36. The second kappa shape index (κ2) is 8.67. The minimum atomic E-state index is -4.66. The van der Waals surface area contributed by atoms with Gasteiger partial charge in [-0.3, -0.25) is 4.79 Å². The lowest BCUT2D eigenvalue weighted by atomic mass is 9.96. The molecule has 2 aromatic carbocycles. The second-order valence-corrected chi connectivity index (χ2v) is 10.9. The molecule has 1 aliphatic heterocycles. The van der Waals surface area contributed by atoms with E-state index in [1.54, 1.807) is 18.2 Å². The van der Waals surface area contributed by atoms with Gasteiger partial charge in [-0.15, -0.1) is 0 Å². The number of nitrogens with zero attached hydrogens (tertiary/aromatic N) is 3. The lowest BCUT2D eigenvalue weighted by Gasteiger charge is -2.15. The minimum absolute atomic E-state index is 0.0796. The van der Waals surface area contributed by atoms with Gasteiger partial charge in [0.1, 0.15) is 0 Å². The van der Waals surface area contributed by atoms with Crippen LogP contribution >= 0.6 is 27.3 Å². The SMILES string of the molecule is CS(=O)(=O)Nn1c(O)c(C(Cc2ccc(Br)cc2C(F)(F)F)=c2ccc3c(c2)C=NN=3)sc1=O. The topological polar surface area (TPSA) is 113 Å². The highest BCUT2D eigenvalue weighted by Crippen LogP contribution is 2.37. The third kappa shape index (κ3) is 4.93. The highest BCUT2D eigenvalue weighted by molar-refractivity contribution is 9.10. The Bertz CT molecular complexity index is 1630. The molecular formula is C20H14BrF3N4O4S2. The molecule has 0 saturated heterocycles. The highest BCUT2D eigenvalue weighted by Gasteiger charge is 2.34. The predicted molar refractivity (Wildman–Crippen MR) is 125 cm³/mol. The molecule has 0 amide bonds. The van der Waals surface area contributed by atoms with Crippen molar-refractivity contribution in [2.45, 2.75) is 12.6 Å². The van der Waals surface area contributed by atoms with E-state index in [-0.39, 0.29) is 26.9 Å². The Kier molecular flexibility index (Phi) is 6.16. The van der Waals surface area contributed by atoms with Gasteiger partial charge in [-0.05, 0) is 40.6 Å². The minimum Gasteiger partial charge on any atom is -0.492 e. The normalized spacial score (nSPS) is 14.0. The first kappa shape index (κ1) is 24.2. The van der Waals surface area contributed by atoms with Gasteiger partial charge in [0.25, 0.3) is 0 Å². The number of nitrogens with one attached hydrogen (secondary N) is 1. The fraction of sp³-hybridized carbons (Fsp3) is 0.150. The number of fused-ring (bicyclic) bond motifs is 1. The number of halogens is 4. The van der Waals surface area contributed by atoms with Crippen molar-refractivity contribution in [1.82, 2.24) is 4.68 Å². The number of alkyl halides is 3. The van der Waals surface area contributed by atoms with E-state index in [2.05, 4.69) is 26.1 Å². The van der Waals surface area contributed by atoms with Crippen LogP contribution in [0.3, 0.4) is 0 Å². The zero-order valence-corrected chi connectivity index (χ0v) is 20.3. The largest absolute Gasteiger partial charge is 0.492 e. The van der Waals surface area contributed by atoms with Crippen LogP contribution in [0, 0.1) is 0 Å². The molecule has 14 heteroatoms. The molecule has 178 valence electrons. The number of rotatable bonds is 5. The van der Waals surface area contributed by atoms with Crippen LogP contribution in [0.1, 0.15) is 21.6 Å². The van der Waals surface area contributed by atoms with E-state index < -0.39 is 32.5 Å². The first-order valence-corrected chi connectivity index (χ1v) is 12.9. The van der Waals surface area contributed by atoms with Crippen LogP contribution in [0.5, 0.6) is 5.88 Å². The summed E-state index contributed by atoms with van der Waals surface area (Å²) in [6.45, 7) is 0. The van der Waals surface area contributed by atoms with Crippen LogP contribution in [0.4, 0.5) is 13.2 Å². The monoisotopic (exact) mass is 574 g/mol. The molecule has 2 heterocycles. The maximum Gasteiger partial charge on any atom is 0.416 e. The van der Waals surface area contributed by atoms with Gasteiger partial charge in [0.15, 0.2) is 0 Å². The molecule has 3 aromatic rings. The number of aromatic nitrogens is 1. The van der Waals surface area contributed by atoms with E-state index in [1.165, 1.54) is 18.3 Å². The van der Waals surface area contributed by atoms with E-state index in [0.29, 0.717) is 32.2 Å². The first-order chi connectivity index (χ1) is 15.8. The Morgan fingerprint density at radius 1 is 1.24 bits per heavy atom. The summed E-state index contributed by atoms with van der Waals surface area (Å²) in [5.74, 6) is -0.736. The van der Waals surface area contributed by atoms with Crippen molar-refractivity contribution in [2.24, 2.45) is 10.2 Å². The molecule has 0 radical (unpaired) electrons. The summed E-state index contributed by atoms with van der Waals surface area (Å²) < 4.78 is 65.2. The Hall–Kier alpha value is -2.97. The average molecular weight is 575 g/mol. The molecule has 0 fully saturated rings. The Labute approximate surface area is 202 Å². The van der Waals surface area contributed by atoms with Crippen molar-refractivity contribution >= 4 is 49.1 Å². The number of hydrogen-bond donors (Lipinski definition) is 2. The maximum absolute atomic E-state index is 13.8. The fourth-order valence-corrected chi connectivity index (χ4v) is 5.18. The van der Waals surface area contributed by atoms with Gasteiger partial charge in [0.2, 0.25) is 15.9 Å². The highest BCUT2D eigenvalue weighted by atomic mass is 79.9. The van der Waals surface area contributed by atoms with Gasteiger partial charge in [0, 0.05) is 16.5 Å². The molecule has 1 aromatic heterocycles. The molecule has 4 rings (SSSR count). The smallest absolute Gasteiger partial charge is 0.416 e. The zero-order chi connectivity index (χ0) is 24.8. The summed E-state index contributed by atoms with van der Waals surface area (Å²) >= 11 is 3.55. The van der Waals surface area contributed by atoms with Crippen LogP contribution in [-0.4, -0.2) is 30.7 Å². The van der Waals surface area contributed by atoms with Crippen molar-refractivity contribution in [3.05, 3.63) is 82.7 Å². The van der Waals surface area contributed by atoms with Crippen molar-refractivity contribution in [1.29, 1.82) is 0 Å². The van der Waals surface area contributed by atoms with E-state index in [9.17, 15) is 31.5 Å². The van der Waals surface area contributed by atoms with Crippen molar-refractivity contribution in [3.63, 3.8) is 0 Å². The third-order valence-electron chi connectivity index (χ3n) is 4.80. The van der Waals surface area contributed by atoms with E-state index in [4.69, 9.17) is 0 Å². The molecule has 0 unspecified atom stereocenters. The van der Waals surface area contributed by atoms with Crippen LogP contribution in [0.2, 0.25) is 0 Å². The van der Waals surface area contributed by atoms with Crippen molar-refractivity contribution in [2.75, 3.05) is 11.1 Å². The van der Waals surface area contributed by atoms with E-state index in [0.717, 1.165) is 12.3 Å². The number of sulfonamides is 1. The molecule has 0 saturated carbocycles. The standard InChI is InChI=1S/C20H14BrF3N4O4S2/c1-34(31,32)27-28-18(29)17(33-19(28)30)14(10-3-5-16-12(6-10)9-25-26-16)7-11-2-4-13(21)8-15(11)20(22,23)24/h2-6,8-9,27,29H,7H2,1H3. The number of thiazole rings is 1. The number of benzene rings is 2. The lowest BCUT2D eigenvalue weighted by Crippen LogP contribution is -2.28. The van der Waals surface area contributed by atoms with Crippen LogP contribution in [0.15, 0.2) is 55.9 Å². The summed E-state index contributed by atoms with van der Waals surface area (Å²) in [6, 6.07) is 8.50. The second-order valence-electron chi connectivity index (χ2n) is 7.29. The van der Waals surface area contributed by atoms with Gasteiger partial charge in [-0.1, -0.05) is 39.4 Å². The predicted octanol–water partition coefficient (Wildman–Crippen LogP) is 2.31. The van der Waals surface area contributed by atoms with Gasteiger partial charge in [0.05, 0.1) is 28.3 Å². The van der Waals surface area contributed by atoms with Crippen molar-refractivity contribution < 1.29 is 26.7 Å². The van der Waals surface area contributed by atoms with Crippen LogP contribution in [-0.2, 0) is 22.6 Å². The third-order valence-corrected chi connectivity index (χ3v) is 6.80. The molecule has 0 aliphatic carbocycles. The van der Waals surface area contributed by atoms with E-state index >= 15 is 0 Å². The zero-order valence-electron chi connectivity index (χ0n) is 17.1. The molecule has 2 N–H and O–H groups in total. The number of aromatic hydroxyl groups is 1. The Balaban J connectivity index is 1.98. The summed E-state index contributed by atoms with van der Waals surface area (Å²) in [6.07, 6.45) is -2.72. The van der Waals surface area contributed by atoms with Crippen molar-refractivity contribution in [3.8, 4) is 5.88 Å². The molecule has 0 spiro atoms. The average Bonchev–Trinajstić information content (AvgIpc) is 3.30. The van der Waals surface area contributed by atoms with Gasteiger partial charge < -0.3 is 5.11 Å². The van der Waals surface area contributed by atoms with Gasteiger partial charge in [-0.2, -0.15) is 28.1 Å². The van der Waals surface area contributed by atoms with Crippen LogP contribution in [0.25, 0.3) is 5.57 Å². The lowest BCUT2D eigenvalue weighted by molar-refractivity contribution is -0.138. The Morgan fingerprint density at radius 2 is 1.97 bits per heavy atom. The number of hydrogen-bond acceptors (Lipinski definition) is 7. The summed E-state index contributed by atoms with van der Waals surface area (Å²) in [5.41, 5.74) is -0.211. The summed E-state index contributed by atoms with van der Waals surface area (Å²) in [4.78, 5) is 13.4. The molecule has 8 nitrogen and oxygen atoms in total. The molecular weight excluding hydrogens is 561 g/mol. The molecule has 1 aliphatic rings. The molecule has 0 atom stereocenters. The Morgan fingerprint density at radius 3 is 2.65 bits per heavy atom. The summed E-state index contributed by atoms with van der Waals surface area (Å²) in [7, 11) is -3.93. The summed E-state index contributed by atoms with van der Waals surface area (Å²) in [5, 5.41) is 19.4. The van der Waals surface area contributed by atoms with Gasteiger partial charge >= 0.3 is 11.0 Å². The van der Waals surface area contributed by atoms with E-state index in [1.807, 2.05) is 4.83 Å². The maximum atomic E-state index is 13.8.